The molecule has 2 aliphatic rings. The Morgan fingerprint density at radius 3 is 1.41 bits per heavy atom. The summed E-state index contributed by atoms with van der Waals surface area (Å²) in [4.78, 5) is 35.9. The number of hydrogen-bond donors (Lipinski definition) is 4. The predicted molar refractivity (Wildman–Crippen MR) is 107 cm³/mol. The average Bonchev–Trinajstić information content (AvgIpc) is 2.68. The number of carbonyl (C=O) groups is 3. The first-order valence-corrected chi connectivity index (χ1v) is 11.1. The van der Waals surface area contributed by atoms with E-state index < -0.39 is 35.3 Å². The zero-order valence-electron chi connectivity index (χ0n) is 17.3. The first kappa shape index (κ1) is 23.6. The summed E-state index contributed by atoms with van der Waals surface area (Å²) in [6, 6.07) is 0. The largest absolute Gasteiger partial charge is 0.481 e. The van der Waals surface area contributed by atoms with Gasteiger partial charge in [-0.25, -0.2) is 4.79 Å². The molecular formula is C22H36O7. The third-order valence-electron chi connectivity index (χ3n) is 7.37. The molecule has 0 aromatic heterocycles. The number of aliphatic hydroxyl groups is 1. The van der Waals surface area contributed by atoms with Crippen LogP contribution in [0.3, 0.4) is 0 Å². The van der Waals surface area contributed by atoms with Crippen LogP contribution in [0, 0.1) is 17.3 Å². The minimum Gasteiger partial charge on any atom is -0.481 e. The van der Waals surface area contributed by atoms with Crippen LogP contribution in [0.5, 0.6) is 0 Å². The molecule has 7 nitrogen and oxygen atoms in total. The van der Waals surface area contributed by atoms with E-state index in [9.17, 15) is 34.8 Å². The highest BCUT2D eigenvalue weighted by molar-refractivity contribution is 5.92. The molecule has 2 fully saturated rings. The fraction of sp³-hybridized carbons (Fsp3) is 0.864. The first-order valence-electron chi connectivity index (χ1n) is 11.1. The number of carboxylic acid groups (broad SMARTS) is 3. The molecule has 0 amide bonds. The molecule has 0 heterocycles. The first-order chi connectivity index (χ1) is 13.7. The third-order valence-corrected chi connectivity index (χ3v) is 7.37. The van der Waals surface area contributed by atoms with Crippen LogP contribution in [0.25, 0.3) is 0 Å². The Bertz CT molecular complexity index is 554. The van der Waals surface area contributed by atoms with Crippen molar-refractivity contribution in [1.29, 1.82) is 0 Å². The summed E-state index contributed by atoms with van der Waals surface area (Å²) in [5.74, 6) is -4.04. The van der Waals surface area contributed by atoms with Crippen LogP contribution in [0.1, 0.15) is 96.3 Å². The Morgan fingerprint density at radius 2 is 1.10 bits per heavy atom. The van der Waals surface area contributed by atoms with Crippen molar-refractivity contribution in [3.05, 3.63) is 0 Å². The third kappa shape index (κ3) is 5.71. The number of rotatable bonds is 11. The Kier molecular flexibility index (Phi) is 8.49. The number of hydrogen-bond acceptors (Lipinski definition) is 4. The maximum atomic E-state index is 12.5. The highest BCUT2D eigenvalue weighted by atomic mass is 16.4. The lowest BCUT2D eigenvalue weighted by Gasteiger charge is -2.42. The van der Waals surface area contributed by atoms with Gasteiger partial charge in [0.05, 0.1) is 6.42 Å². The molecule has 0 radical (unpaired) electrons. The van der Waals surface area contributed by atoms with Gasteiger partial charge in [0.25, 0.3) is 0 Å². The quantitative estimate of drug-likeness (QED) is 0.402. The Hall–Kier alpha value is -1.63. The van der Waals surface area contributed by atoms with Crippen molar-refractivity contribution in [2.45, 2.75) is 102 Å². The molecule has 29 heavy (non-hydrogen) atoms. The summed E-state index contributed by atoms with van der Waals surface area (Å²) in [6.45, 7) is 0. The van der Waals surface area contributed by atoms with Gasteiger partial charge in [0.1, 0.15) is 5.41 Å². The van der Waals surface area contributed by atoms with Gasteiger partial charge in [-0.3, -0.25) is 9.59 Å². The molecule has 4 N–H and O–H groups in total. The van der Waals surface area contributed by atoms with Crippen LogP contribution in [-0.4, -0.2) is 43.9 Å². The van der Waals surface area contributed by atoms with Gasteiger partial charge in [-0.1, -0.05) is 64.2 Å². The van der Waals surface area contributed by atoms with Gasteiger partial charge in [-0.05, 0) is 37.5 Å². The summed E-state index contributed by atoms with van der Waals surface area (Å²) in [5, 5.41) is 40.2. The molecule has 0 aromatic carbocycles. The lowest BCUT2D eigenvalue weighted by Crippen LogP contribution is -2.59. The van der Waals surface area contributed by atoms with Gasteiger partial charge in [0.2, 0.25) is 0 Å². The van der Waals surface area contributed by atoms with Crippen molar-refractivity contribution in [1.82, 2.24) is 0 Å². The molecule has 0 saturated heterocycles. The van der Waals surface area contributed by atoms with Gasteiger partial charge < -0.3 is 20.4 Å². The zero-order valence-corrected chi connectivity index (χ0v) is 17.3. The highest BCUT2D eigenvalue weighted by Gasteiger charge is 2.61. The summed E-state index contributed by atoms with van der Waals surface area (Å²) < 4.78 is 0. The van der Waals surface area contributed by atoms with Crippen molar-refractivity contribution in [2.75, 3.05) is 0 Å². The molecule has 0 bridgehead atoms. The maximum Gasteiger partial charge on any atom is 0.337 e. The molecule has 1 unspecified atom stereocenters. The monoisotopic (exact) mass is 412 g/mol. The molecule has 2 saturated carbocycles. The van der Waals surface area contributed by atoms with Gasteiger partial charge in [-0.2, -0.15) is 0 Å². The molecule has 2 rings (SSSR count). The van der Waals surface area contributed by atoms with E-state index in [-0.39, 0.29) is 12.8 Å². The predicted octanol–water partition coefficient (Wildman–Crippen LogP) is 4.07. The van der Waals surface area contributed by atoms with Crippen molar-refractivity contribution in [2.24, 2.45) is 17.3 Å². The van der Waals surface area contributed by atoms with E-state index in [0.29, 0.717) is 24.7 Å². The van der Waals surface area contributed by atoms with Crippen LogP contribution in [0.2, 0.25) is 0 Å². The van der Waals surface area contributed by atoms with E-state index in [2.05, 4.69) is 0 Å². The zero-order chi connectivity index (χ0) is 21.5. The van der Waals surface area contributed by atoms with E-state index in [1.807, 2.05) is 0 Å². The highest BCUT2D eigenvalue weighted by Crippen LogP contribution is 2.47. The number of carboxylic acids is 3. The smallest absolute Gasteiger partial charge is 0.337 e. The van der Waals surface area contributed by atoms with Gasteiger partial charge in [-0.15, -0.1) is 0 Å². The van der Waals surface area contributed by atoms with E-state index in [0.717, 1.165) is 64.2 Å². The molecular weight excluding hydrogens is 376 g/mol. The Morgan fingerprint density at radius 1 is 0.690 bits per heavy atom. The van der Waals surface area contributed by atoms with E-state index >= 15 is 0 Å². The van der Waals surface area contributed by atoms with Gasteiger partial charge in [0, 0.05) is 0 Å². The van der Waals surface area contributed by atoms with Gasteiger partial charge >= 0.3 is 17.9 Å². The summed E-state index contributed by atoms with van der Waals surface area (Å²) in [5.41, 5.74) is -4.82. The van der Waals surface area contributed by atoms with Crippen molar-refractivity contribution < 1.29 is 34.8 Å². The van der Waals surface area contributed by atoms with Crippen molar-refractivity contribution in [3.63, 3.8) is 0 Å². The molecule has 0 aromatic rings. The second-order valence-electron chi connectivity index (χ2n) is 9.21. The van der Waals surface area contributed by atoms with Crippen LogP contribution < -0.4 is 0 Å². The standard InChI is InChI=1S/C22H36O7/c23-18(24)15-22(29,20(27)28)21(19(25)26,13-11-16-7-3-1-4-8-16)14-12-17-9-5-2-6-10-17/h16-17,29H,1-15H2,(H,23,24)(H,25,26)(H,27,28). The van der Waals surface area contributed by atoms with Crippen molar-refractivity contribution in [3.8, 4) is 0 Å². The fourth-order valence-electron chi connectivity index (χ4n) is 5.45. The second kappa shape index (κ2) is 10.4. The van der Waals surface area contributed by atoms with Crippen LogP contribution in [0.4, 0.5) is 0 Å². The Labute approximate surface area is 172 Å². The molecule has 166 valence electrons. The molecule has 0 aliphatic heterocycles. The van der Waals surface area contributed by atoms with Crippen LogP contribution in [0.15, 0.2) is 0 Å². The normalized spacial score (nSPS) is 21.4. The molecule has 1 atom stereocenters. The topological polar surface area (TPSA) is 132 Å². The van der Waals surface area contributed by atoms with Crippen LogP contribution in [-0.2, 0) is 14.4 Å². The lowest BCUT2D eigenvalue weighted by molar-refractivity contribution is -0.197. The molecule has 2 aliphatic carbocycles. The maximum absolute atomic E-state index is 12.5. The summed E-state index contributed by atoms with van der Waals surface area (Å²) in [7, 11) is 0. The SMILES string of the molecule is O=C(O)CC(O)(C(=O)O)C(CCC1CCCCC1)(CCC1CCCCC1)C(=O)O. The Balaban J connectivity index is 2.30. The summed E-state index contributed by atoms with van der Waals surface area (Å²) in [6.07, 6.45) is 10.4. The summed E-state index contributed by atoms with van der Waals surface area (Å²) >= 11 is 0. The average molecular weight is 413 g/mol. The van der Waals surface area contributed by atoms with E-state index in [1.54, 1.807) is 0 Å². The number of aliphatic carboxylic acids is 3. The second-order valence-corrected chi connectivity index (χ2v) is 9.21. The van der Waals surface area contributed by atoms with Gasteiger partial charge in [0.15, 0.2) is 5.60 Å². The lowest BCUT2D eigenvalue weighted by atomic mass is 9.62. The minimum absolute atomic E-state index is 0.00417. The molecule has 0 spiro atoms. The molecule has 7 heteroatoms. The van der Waals surface area contributed by atoms with Crippen molar-refractivity contribution >= 4 is 17.9 Å². The fourth-order valence-corrected chi connectivity index (χ4v) is 5.45. The van der Waals surface area contributed by atoms with E-state index in [4.69, 9.17) is 0 Å². The van der Waals surface area contributed by atoms with Crippen LogP contribution >= 0.6 is 0 Å². The minimum atomic E-state index is -2.83. The van der Waals surface area contributed by atoms with E-state index in [1.165, 1.54) is 0 Å².